The second-order valence-corrected chi connectivity index (χ2v) is 7.80. The number of hydrogen-bond donors (Lipinski definition) is 1. The Bertz CT molecular complexity index is 407. The maximum Gasteiger partial charge on any atom is 0.0794 e. The van der Waals surface area contributed by atoms with Gasteiger partial charge in [-0.1, -0.05) is 19.3 Å². The highest BCUT2D eigenvalue weighted by Gasteiger charge is 2.43. The van der Waals surface area contributed by atoms with Crippen molar-refractivity contribution >= 4 is 11.3 Å². The summed E-state index contributed by atoms with van der Waals surface area (Å²) in [5, 5.41) is 3.88. The molecule has 0 aromatic carbocycles. The van der Waals surface area contributed by atoms with Gasteiger partial charge in [0.2, 0.25) is 0 Å². The fourth-order valence-corrected chi connectivity index (χ4v) is 4.10. The molecule has 1 aromatic heterocycles. The fraction of sp³-hybridized carbons (Fsp3) is 0.800. The van der Waals surface area contributed by atoms with Crippen LogP contribution in [-0.2, 0) is 6.54 Å². The maximum absolute atomic E-state index is 4.22. The molecule has 1 N–H and O–H groups in total. The molecule has 1 aromatic rings. The predicted molar refractivity (Wildman–Crippen MR) is 80.4 cm³/mol. The van der Waals surface area contributed by atoms with E-state index in [1.54, 1.807) is 11.3 Å². The minimum Gasteiger partial charge on any atom is -0.308 e. The maximum atomic E-state index is 4.22. The van der Waals surface area contributed by atoms with Gasteiger partial charge in [0.1, 0.15) is 0 Å². The topological polar surface area (TPSA) is 28.2 Å². The highest BCUT2D eigenvalue weighted by atomic mass is 32.1. The lowest BCUT2D eigenvalue weighted by atomic mass is 9.77. The highest BCUT2D eigenvalue weighted by molar-refractivity contribution is 7.09. The number of piperazine rings is 1. The quantitative estimate of drug-likeness (QED) is 0.902. The normalized spacial score (nSPS) is 26.6. The minimum absolute atomic E-state index is 0.243. The smallest absolute Gasteiger partial charge is 0.0794 e. The summed E-state index contributed by atoms with van der Waals surface area (Å²) >= 11 is 1.78. The number of nitrogens with one attached hydrogen (secondary N) is 1. The van der Waals surface area contributed by atoms with Crippen molar-refractivity contribution in [2.75, 3.05) is 13.1 Å². The van der Waals surface area contributed by atoms with E-state index in [1.807, 2.05) is 11.7 Å². The predicted octanol–water partition coefficient (Wildman–Crippen LogP) is 3.03. The summed E-state index contributed by atoms with van der Waals surface area (Å²) < 4.78 is 0. The summed E-state index contributed by atoms with van der Waals surface area (Å²) in [5.74, 6) is 0. The summed E-state index contributed by atoms with van der Waals surface area (Å²) in [4.78, 5) is 8.27. The molecule has 0 radical (unpaired) electrons. The molecule has 0 unspecified atom stereocenters. The van der Waals surface area contributed by atoms with Gasteiger partial charge in [0.25, 0.3) is 0 Å². The average Bonchev–Trinajstić information content (AvgIpc) is 2.89. The van der Waals surface area contributed by atoms with Crippen molar-refractivity contribution in [1.82, 2.24) is 15.2 Å². The monoisotopic (exact) mass is 279 g/mol. The fourth-order valence-electron chi connectivity index (χ4n) is 3.49. The van der Waals surface area contributed by atoms with E-state index in [2.05, 4.69) is 29.0 Å². The minimum atomic E-state index is 0.243. The summed E-state index contributed by atoms with van der Waals surface area (Å²) in [6.45, 7) is 8.07. The number of nitrogens with zero attached hydrogens (tertiary/aromatic N) is 2. The molecule has 1 aliphatic carbocycles. The van der Waals surface area contributed by atoms with Gasteiger partial charge in [-0.2, -0.15) is 0 Å². The third kappa shape index (κ3) is 2.86. The van der Waals surface area contributed by atoms with Gasteiger partial charge in [0, 0.05) is 41.8 Å². The molecular weight excluding hydrogens is 254 g/mol. The number of aromatic nitrogens is 1. The van der Waals surface area contributed by atoms with Crippen LogP contribution in [0.15, 0.2) is 11.7 Å². The van der Waals surface area contributed by atoms with Crippen molar-refractivity contribution in [2.24, 2.45) is 0 Å². The van der Waals surface area contributed by atoms with Gasteiger partial charge in [-0.15, -0.1) is 11.3 Å². The largest absolute Gasteiger partial charge is 0.308 e. The molecular formula is C15H25N3S. The van der Waals surface area contributed by atoms with Crippen LogP contribution < -0.4 is 5.32 Å². The van der Waals surface area contributed by atoms with Crippen molar-refractivity contribution in [3.05, 3.63) is 16.6 Å². The van der Waals surface area contributed by atoms with Crippen LogP contribution in [0.1, 0.15) is 50.8 Å². The van der Waals surface area contributed by atoms with E-state index in [4.69, 9.17) is 0 Å². The second-order valence-electron chi connectivity index (χ2n) is 6.83. The third-order valence-electron chi connectivity index (χ3n) is 4.89. The molecule has 1 saturated heterocycles. The molecule has 3 rings (SSSR count). The van der Waals surface area contributed by atoms with Crippen molar-refractivity contribution in [1.29, 1.82) is 0 Å². The second kappa shape index (κ2) is 5.15. The van der Waals surface area contributed by atoms with E-state index in [0.717, 1.165) is 13.1 Å². The molecule has 2 heterocycles. The summed E-state index contributed by atoms with van der Waals surface area (Å²) in [6, 6.07) is 0. The van der Waals surface area contributed by atoms with Gasteiger partial charge < -0.3 is 5.32 Å². The Labute approximate surface area is 120 Å². The average molecular weight is 279 g/mol. The molecule has 3 nitrogen and oxygen atoms in total. The van der Waals surface area contributed by atoms with Gasteiger partial charge in [-0.05, 0) is 26.7 Å². The lowest BCUT2D eigenvalue weighted by Crippen LogP contribution is -2.68. The first-order chi connectivity index (χ1) is 9.10. The van der Waals surface area contributed by atoms with E-state index in [9.17, 15) is 0 Å². The van der Waals surface area contributed by atoms with Crippen LogP contribution in [0.3, 0.4) is 0 Å². The van der Waals surface area contributed by atoms with Gasteiger partial charge >= 0.3 is 0 Å². The summed E-state index contributed by atoms with van der Waals surface area (Å²) in [7, 11) is 0. The molecule has 0 amide bonds. The summed E-state index contributed by atoms with van der Waals surface area (Å²) in [6.07, 6.45) is 8.92. The van der Waals surface area contributed by atoms with Crippen LogP contribution >= 0.6 is 11.3 Å². The first kappa shape index (κ1) is 13.5. The van der Waals surface area contributed by atoms with Crippen LogP contribution in [0.25, 0.3) is 0 Å². The zero-order valence-electron chi connectivity index (χ0n) is 12.1. The first-order valence-electron chi connectivity index (χ1n) is 7.47. The molecule has 1 aliphatic heterocycles. The van der Waals surface area contributed by atoms with Gasteiger partial charge in [0.15, 0.2) is 0 Å². The Balaban J connectivity index is 1.74. The van der Waals surface area contributed by atoms with Crippen molar-refractivity contribution in [2.45, 2.75) is 63.6 Å². The van der Waals surface area contributed by atoms with Crippen LogP contribution in [0, 0.1) is 0 Å². The Morgan fingerprint density at radius 1 is 1.32 bits per heavy atom. The van der Waals surface area contributed by atoms with Crippen LogP contribution in [0.5, 0.6) is 0 Å². The third-order valence-corrected chi connectivity index (χ3v) is 5.65. The van der Waals surface area contributed by atoms with Crippen molar-refractivity contribution in [3.63, 3.8) is 0 Å². The zero-order valence-corrected chi connectivity index (χ0v) is 12.9. The number of rotatable bonds is 2. The van der Waals surface area contributed by atoms with E-state index >= 15 is 0 Å². The Hall–Kier alpha value is -0.450. The van der Waals surface area contributed by atoms with E-state index in [0.29, 0.717) is 5.54 Å². The molecule has 2 fully saturated rings. The molecule has 0 atom stereocenters. The van der Waals surface area contributed by atoms with E-state index in [-0.39, 0.29) is 5.54 Å². The molecule has 1 spiro atoms. The summed E-state index contributed by atoms with van der Waals surface area (Å²) in [5.41, 5.74) is 2.58. The molecule has 2 aliphatic rings. The lowest BCUT2D eigenvalue weighted by Gasteiger charge is -2.53. The lowest BCUT2D eigenvalue weighted by molar-refractivity contribution is 0.00549. The number of hydrogen-bond acceptors (Lipinski definition) is 4. The zero-order chi connectivity index (χ0) is 13.3. The van der Waals surface area contributed by atoms with Gasteiger partial charge in [-0.3, -0.25) is 9.88 Å². The molecule has 19 heavy (non-hydrogen) atoms. The van der Waals surface area contributed by atoms with E-state index < -0.39 is 0 Å². The Morgan fingerprint density at radius 2 is 2.11 bits per heavy atom. The molecule has 1 saturated carbocycles. The Kier molecular flexibility index (Phi) is 3.67. The highest BCUT2D eigenvalue weighted by Crippen LogP contribution is 2.35. The van der Waals surface area contributed by atoms with Gasteiger partial charge in [0.05, 0.1) is 5.51 Å². The van der Waals surface area contributed by atoms with Crippen molar-refractivity contribution in [3.8, 4) is 0 Å². The molecule has 4 heteroatoms. The van der Waals surface area contributed by atoms with Crippen molar-refractivity contribution < 1.29 is 0 Å². The SMILES string of the molecule is CC1(C)CNC2(CCCCC2)CN1Cc1cncs1. The van der Waals surface area contributed by atoms with Crippen LogP contribution in [-0.4, -0.2) is 34.1 Å². The molecule has 0 bridgehead atoms. The van der Waals surface area contributed by atoms with Crippen LogP contribution in [0.4, 0.5) is 0 Å². The number of thiazole rings is 1. The van der Waals surface area contributed by atoms with Crippen LogP contribution in [0.2, 0.25) is 0 Å². The Morgan fingerprint density at radius 3 is 2.79 bits per heavy atom. The standard InChI is InChI=1S/C15H25N3S/c1-14(2)10-17-15(6-4-3-5-7-15)11-18(14)9-13-8-16-12-19-13/h8,12,17H,3-7,9-11H2,1-2H3. The van der Waals surface area contributed by atoms with Gasteiger partial charge in [-0.25, -0.2) is 0 Å². The van der Waals surface area contributed by atoms with E-state index in [1.165, 1.54) is 43.5 Å². The molecule has 106 valence electrons. The first-order valence-corrected chi connectivity index (χ1v) is 8.35.